The number of H-pyrrole nitrogens is 1. The number of carboxylic acids is 2. The van der Waals surface area contributed by atoms with Crippen LogP contribution in [-0.2, 0) is 28.7 Å². The maximum absolute atomic E-state index is 12.9. The number of benzene rings is 2. The number of halogens is 3. The van der Waals surface area contributed by atoms with Crippen molar-refractivity contribution >= 4 is 22.8 Å². The van der Waals surface area contributed by atoms with E-state index in [4.69, 9.17) is 19.8 Å². The van der Waals surface area contributed by atoms with Crippen LogP contribution in [0.4, 0.5) is 13.2 Å². The summed E-state index contributed by atoms with van der Waals surface area (Å²) in [5, 5.41) is 19.0. The van der Waals surface area contributed by atoms with Crippen LogP contribution in [0.5, 0.6) is 0 Å². The summed E-state index contributed by atoms with van der Waals surface area (Å²) in [6.45, 7) is 0.825. The standard InChI is InChI=1S/C18H17F3N2.C2H2O4/c19-18(20,21)16-7-3-1-5-14(16)11-22-10-9-13-12-23-17-8-4-2-6-15(13)17;3-1(4)2(5)6/h1-8,12,22-23H,9-11H2;(H,3,4)(H,5,6). The van der Waals surface area contributed by atoms with Gasteiger partial charge in [0.2, 0.25) is 0 Å². The summed E-state index contributed by atoms with van der Waals surface area (Å²) in [7, 11) is 0. The highest BCUT2D eigenvalue weighted by atomic mass is 19.4. The molecule has 0 spiro atoms. The number of nitrogens with one attached hydrogen (secondary N) is 2. The fraction of sp³-hybridized carbons (Fsp3) is 0.200. The van der Waals surface area contributed by atoms with Gasteiger partial charge in [0.05, 0.1) is 5.56 Å². The first kappa shape index (κ1) is 22.0. The highest BCUT2D eigenvalue weighted by Gasteiger charge is 2.32. The highest BCUT2D eigenvalue weighted by molar-refractivity contribution is 6.27. The molecule has 0 saturated carbocycles. The van der Waals surface area contributed by atoms with Gasteiger partial charge in [0.1, 0.15) is 0 Å². The Bertz CT molecular complexity index is 971. The molecule has 0 aliphatic heterocycles. The third-order valence-corrected chi connectivity index (χ3v) is 4.07. The lowest BCUT2D eigenvalue weighted by atomic mass is 10.1. The molecule has 0 bridgehead atoms. The molecule has 4 N–H and O–H groups in total. The minimum absolute atomic E-state index is 0.206. The van der Waals surface area contributed by atoms with Crippen LogP contribution < -0.4 is 5.32 Å². The van der Waals surface area contributed by atoms with Gasteiger partial charge in [-0.15, -0.1) is 0 Å². The summed E-state index contributed by atoms with van der Waals surface area (Å²) >= 11 is 0. The first-order valence-electron chi connectivity index (χ1n) is 8.57. The molecule has 0 aliphatic carbocycles. The molecule has 0 unspecified atom stereocenters. The molecular formula is C20H19F3N2O4. The lowest BCUT2D eigenvalue weighted by Crippen LogP contribution is -2.19. The number of carbonyl (C=O) groups is 2. The van der Waals surface area contributed by atoms with E-state index in [1.807, 2.05) is 30.5 Å². The summed E-state index contributed by atoms with van der Waals surface area (Å²) in [5.41, 5.74) is 1.95. The van der Waals surface area contributed by atoms with E-state index < -0.39 is 23.7 Å². The molecule has 0 atom stereocenters. The van der Waals surface area contributed by atoms with Crippen LogP contribution in [0.25, 0.3) is 10.9 Å². The molecule has 3 rings (SSSR count). The van der Waals surface area contributed by atoms with Crippen molar-refractivity contribution in [3.05, 3.63) is 71.4 Å². The van der Waals surface area contributed by atoms with E-state index in [2.05, 4.69) is 10.3 Å². The molecule has 1 aromatic heterocycles. The van der Waals surface area contributed by atoms with E-state index >= 15 is 0 Å². The van der Waals surface area contributed by atoms with Gasteiger partial charge in [-0.25, -0.2) is 9.59 Å². The minimum Gasteiger partial charge on any atom is -0.473 e. The zero-order valence-corrected chi connectivity index (χ0v) is 15.2. The van der Waals surface area contributed by atoms with Crippen LogP contribution in [0.1, 0.15) is 16.7 Å². The first-order valence-corrected chi connectivity index (χ1v) is 8.57. The molecule has 3 aromatic rings. The Morgan fingerprint density at radius 3 is 2.21 bits per heavy atom. The minimum atomic E-state index is -4.31. The van der Waals surface area contributed by atoms with Crippen LogP contribution in [0.3, 0.4) is 0 Å². The first-order chi connectivity index (χ1) is 13.7. The number of hydrogen-bond donors (Lipinski definition) is 4. The Hall–Kier alpha value is -3.33. The lowest BCUT2D eigenvalue weighted by molar-refractivity contribution is -0.159. The monoisotopic (exact) mass is 408 g/mol. The van der Waals surface area contributed by atoms with Gasteiger partial charge >= 0.3 is 18.1 Å². The van der Waals surface area contributed by atoms with Crippen molar-refractivity contribution < 1.29 is 33.0 Å². The van der Waals surface area contributed by atoms with Crippen molar-refractivity contribution in [2.45, 2.75) is 19.1 Å². The zero-order chi connectivity index (χ0) is 21.4. The van der Waals surface area contributed by atoms with Gasteiger partial charge < -0.3 is 20.5 Å². The van der Waals surface area contributed by atoms with Crippen LogP contribution in [0.15, 0.2) is 54.7 Å². The van der Waals surface area contributed by atoms with E-state index in [9.17, 15) is 13.2 Å². The fourth-order valence-electron chi connectivity index (χ4n) is 2.74. The second kappa shape index (κ2) is 9.74. The Labute approximate surface area is 164 Å². The van der Waals surface area contributed by atoms with E-state index in [0.29, 0.717) is 6.54 Å². The van der Waals surface area contributed by atoms with E-state index in [0.717, 1.165) is 29.0 Å². The smallest absolute Gasteiger partial charge is 0.416 e. The molecule has 154 valence electrons. The average molecular weight is 408 g/mol. The van der Waals surface area contributed by atoms with Gasteiger partial charge in [0.25, 0.3) is 0 Å². The maximum Gasteiger partial charge on any atom is 0.416 e. The summed E-state index contributed by atoms with van der Waals surface area (Å²) in [6.07, 6.45) is -1.59. The third kappa shape index (κ3) is 6.35. The molecule has 0 aliphatic rings. The Morgan fingerprint density at radius 1 is 0.931 bits per heavy atom. The summed E-state index contributed by atoms with van der Waals surface area (Å²) in [5.74, 6) is -3.65. The largest absolute Gasteiger partial charge is 0.473 e. The van der Waals surface area contributed by atoms with E-state index in [1.165, 1.54) is 12.1 Å². The number of carboxylic acid groups (broad SMARTS) is 2. The summed E-state index contributed by atoms with van der Waals surface area (Å²) in [4.78, 5) is 21.4. The molecule has 6 nitrogen and oxygen atoms in total. The van der Waals surface area contributed by atoms with Crippen LogP contribution in [-0.4, -0.2) is 33.7 Å². The Morgan fingerprint density at radius 2 is 1.55 bits per heavy atom. The molecule has 9 heteroatoms. The highest BCUT2D eigenvalue weighted by Crippen LogP contribution is 2.31. The van der Waals surface area contributed by atoms with Gasteiger partial charge in [0.15, 0.2) is 0 Å². The topological polar surface area (TPSA) is 102 Å². The zero-order valence-electron chi connectivity index (χ0n) is 15.2. The van der Waals surface area contributed by atoms with Crippen molar-refractivity contribution in [2.24, 2.45) is 0 Å². The number of alkyl halides is 3. The molecule has 0 amide bonds. The maximum atomic E-state index is 12.9. The van der Waals surface area contributed by atoms with Crippen molar-refractivity contribution in [3.8, 4) is 0 Å². The van der Waals surface area contributed by atoms with Gasteiger partial charge in [0, 0.05) is 23.6 Å². The van der Waals surface area contributed by atoms with E-state index in [-0.39, 0.29) is 12.1 Å². The predicted octanol–water partition coefficient (Wildman–Crippen LogP) is 3.67. The van der Waals surface area contributed by atoms with Gasteiger partial charge in [-0.2, -0.15) is 13.2 Å². The SMILES string of the molecule is FC(F)(F)c1ccccc1CNCCc1c[nH]c2ccccc12.O=C(O)C(=O)O. The number of fused-ring (bicyclic) bond motifs is 1. The van der Waals surface area contributed by atoms with Crippen LogP contribution in [0, 0.1) is 0 Å². The van der Waals surface area contributed by atoms with Crippen molar-refractivity contribution in [1.82, 2.24) is 10.3 Å². The second-order valence-corrected chi connectivity index (χ2v) is 6.05. The van der Waals surface area contributed by atoms with Gasteiger partial charge in [-0.3, -0.25) is 0 Å². The predicted molar refractivity (Wildman–Crippen MR) is 100 cm³/mol. The molecule has 1 heterocycles. The number of aromatic amines is 1. The molecule has 29 heavy (non-hydrogen) atoms. The second-order valence-electron chi connectivity index (χ2n) is 6.05. The summed E-state index contributed by atoms with van der Waals surface area (Å²) < 4.78 is 38.8. The number of aliphatic carboxylic acids is 2. The van der Waals surface area contributed by atoms with Gasteiger partial charge in [-0.05, 0) is 36.2 Å². The van der Waals surface area contributed by atoms with Gasteiger partial charge in [-0.1, -0.05) is 36.4 Å². The van der Waals surface area contributed by atoms with Crippen LogP contribution >= 0.6 is 0 Å². The number of para-hydroxylation sites is 1. The Balaban J connectivity index is 0.000000438. The third-order valence-electron chi connectivity index (χ3n) is 4.07. The van der Waals surface area contributed by atoms with Crippen molar-refractivity contribution in [2.75, 3.05) is 6.54 Å². The summed E-state index contributed by atoms with van der Waals surface area (Å²) in [6, 6.07) is 13.7. The quantitative estimate of drug-likeness (QED) is 0.381. The molecular weight excluding hydrogens is 389 g/mol. The molecule has 0 saturated heterocycles. The number of hydrogen-bond acceptors (Lipinski definition) is 3. The normalized spacial score (nSPS) is 11.0. The van der Waals surface area contributed by atoms with Crippen LogP contribution in [0.2, 0.25) is 0 Å². The molecule has 2 aromatic carbocycles. The molecule has 0 fully saturated rings. The number of aromatic nitrogens is 1. The lowest BCUT2D eigenvalue weighted by Gasteiger charge is -2.13. The van der Waals surface area contributed by atoms with E-state index in [1.54, 1.807) is 6.07 Å². The average Bonchev–Trinajstić information content (AvgIpc) is 3.08. The van der Waals surface area contributed by atoms with Crippen molar-refractivity contribution in [3.63, 3.8) is 0 Å². The Kier molecular flexibility index (Phi) is 7.38. The fourth-order valence-corrected chi connectivity index (χ4v) is 2.74. The number of rotatable bonds is 5. The van der Waals surface area contributed by atoms with Crippen molar-refractivity contribution in [1.29, 1.82) is 0 Å². The molecule has 0 radical (unpaired) electrons.